The van der Waals surface area contributed by atoms with Crippen molar-refractivity contribution < 1.29 is 27.5 Å². The first-order valence-electron chi connectivity index (χ1n) is 9.80. The van der Waals surface area contributed by atoms with Gasteiger partial charge in [-0.1, -0.05) is 19.1 Å². The largest absolute Gasteiger partial charge is 0.482 e. The Morgan fingerprint density at radius 3 is 2.48 bits per heavy atom. The van der Waals surface area contributed by atoms with Crippen molar-refractivity contribution in [3.8, 4) is 5.75 Å². The lowest BCUT2D eigenvalue weighted by Gasteiger charge is -2.26. The topological polar surface area (TPSA) is 110 Å². The number of carbonyl (C=O) groups is 3. The summed E-state index contributed by atoms with van der Waals surface area (Å²) in [5.41, 5.74) is 2.09. The molecule has 9 heteroatoms. The summed E-state index contributed by atoms with van der Waals surface area (Å²) in [6, 6.07) is 11.5. The molecular formula is C22H24N2O6S. The number of ketones is 1. The van der Waals surface area contributed by atoms with Gasteiger partial charge < -0.3 is 15.0 Å². The molecule has 0 saturated heterocycles. The Morgan fingerprint density at radius 2 is 1.84 bits per heavy atom. The van der Waals surface area contributed by atoms with Crippen LogP contribution >= 0.6 is 0 Å². The van der Waals surface area contributed by atoms with Crippen LogP contribution in [-0.4, -0.2) is 50.7 Å². The van der Waals surface area contributed by atoms with E-state index in [1.807, 2.05) is 19.1 Å². The van der Waals surface area contributed by atoms with Gasteiger partial charge in [0, 0.05) is 18.3 Å². The molecule has 0 spiro atoms. The van der Waals surface area contributed by atoms with Crippen molar-refractivity contribution in [1.82, 2.24) is 0 Å². The van der Waals surface area contributed by atoms with Crippen molar-refractivity contribution in [2.24, 2.45) is 0 Å². The fraction of sp³-hybridized carbons (Fsp3) is 0.318. The highest BCUT2D eigenvalue weighted by Crippen LogP contribution is 2.32. The second-order valence-electron chi connectivity index (χ2n) is 7.34. The molecule has 1 aliphatic heterocycles. The van der Waals surface area contributed by atoms with E-state index in [-0.39, 0.29) is 18.1 Å². The molecule has 3 rings (SSSR count). The van der Waals surface area contributed by atoms with E-state index < -0.39 is 32.5 Å². The molecule has 0 aromatic heterocycles. The highest BCUT2D eigenvalue weighted by atomic mass is 32.2. The molecule has 0 radical (unpaired) electrons. The van der Waals surface area contributed by atoms with E-state index in [1.165, 1.54) is 30.0 Å². The Morgan fingerprint density at radius 1 is 1.16 bits per heavy atom. The van der Waals surface area contributed by atoms with E-state index in [4.69, 9.17) is 4.74 Å². The number of sulfone groups is 1. The Bertz CT molecular complexity index is 1130. The van der Waals surface area contributed by atoms with Crippen molar-refractivity contribution in [3.05, 3.63) is 53.6 Å². The van der Waals surface area contributed by atoms with Crippen LogP contribution in [0.3, 0.4) is 0 Å². The van der Waals surface area contributed by atoms with Gasteiger partial charge in [-0.25, -0.2) is 8.42 Å². The van der Waals surface area contributed by atoms with E-state index in [2.05, 4.69) is 5.32 Å². The van der Waals surface area contributed by atoms with Gasteiger partial charge >= 0.3 is 0 Å². The van der Waals surface area contributed by atoms with E-state index >= 15 is 0 Å². The van der Waals surface area contributed by atoms with Crippen molar-refractivity contribution in [1.29, 1.82) is 0 Å². The van der Waals surface area contributed by atoms with Crippen LogP contribution in [0.15, 0.2) is 42.5 Å². The first-order chi connectivity index (χ1) is 14.6. The summed E-state index contributed by atoms with van der Waals surface area (Å²) in [4.78, 5) is 38.2. The Balaban J connectivity index is 1.71. The predicted molar refractivity (Wildman–Crippen MR) is 117 cm³/mol. The number of likely N-dealkylation sites (N-methyl/N-ethyl adjacent to an activating group) is 1. The predicted octanol–water partition coefficient (Wildman–Crippen LogP) is 2.23. The van der Waals surface area contributed by atoms with Crippen LogP contribution in [0.4, 0.5) is 11.4 Å². The van der Waals surface area contributed by atoms with Gasteiger partial charge in [-0.05, 0) is 49.2 Å². The van der Waals surface area contributed by atoms with E-state index in [0.717, 1.165) is 12.0 Å². The number of anilines is 2. The molecule has 2 amide bonds. The third-order valence-electron chi connectivity index (χ3n) is 5.22. The van der Waals surface area contributed by atoms with Crippen LogP contribution in [-0.2, 0) is 25.8 Å². The minimum Gasteiger partial charge on any atom is -0.482 e. The van der Waals surface area contributed by atoms with Gasteiger partial charge in [0.1, 0.15) is 16.8 Å². The third kappa shape index (κ3) is 4.93. The summed E-state index contributed by atoms with van der Waals surface area (Å²) in [5.74, 6) is -2.03. The normalized spacial score (nSPS) is 14.4. The molecule has 2 aromatic rings. The number of nitrogens with zero attached hydrogens (tertiary/aromatic N) is 1. The zero-order valence-electron chi connectivity index (χ0n) is 17.5. The molecule has 1 heterocycles. The van der Waals surface area contributed by atoms with Gasteiger partial charge in [-0.2, -0.15) is 0 Å². The molecule has 0 bridgehead atoms. The highest BCUT2D eigenvalue weighted by Gasteiger charge is 2.32. The van der Waals surface area contributed by atoms with Crippen molar-refractivity contribution in [2.75, 3.05) is 29.6 Å². The lowest BCUT2D eigenvalue weighted by Crippen LogP contribution is -2.36. The molecule has 164 valence electrons. The molecule has 1 atom stereocenters. The Kier molecular flexibility index (Phi) is 6.45. The maximum absolute atomic E-state index is 12.8. The number of nitrogens with one attached hydrogen (secondary N) is 1. The average Bonchev–Trinajstić information content (AvgIpc) is 2.75. The highest BCUT2D eigenvalue weighted by molar-refractivity contribution is 7.93. The van der Waals surface area contributed by atoms with Crippen LogP contribution < -0.4 is 15.0 Å². The quantitative estimate of drug-likeness (QED) is 0.656. The number of amides is 2. The molecule has 1 aliphatic rings. The Hall–Kier alpha value is -3.20. The fourth-order valence-electron chi connectivity index (χ4n) is 3.15. The van der Waals surface area contributed by atoms with Gasteiger partial charge in [-0.3, -0.25) is 14.4 Å². The van der Waals surface area contributed by atoms with Crippen LogP contribution in [0.2, 0.25) is 0 Å². The average molecular weight is 445 g/mol. The molecule has 0 saturated carbocycles. The smallest absolute Gasteiger partial charge is 0.264 e. The number of fused-ring (bicyclic) bond motifs is 1. The Labute approximate surface area is 181 Å². The van der Waals surface area contributed by atoms with Crippen molar-refractivity contribution in [2.45, 2.75) is 25.5 Å². The lowest BCUT2D eigenvalue weighted by molar-refractivity contribution is -0.121. The minimum absolute atomic E-state index is 0.0993. The fourth-order valence-corrected chi connectivity index (χ4v) is 4.30. The SMILES string of the molecule is CCc1ccc(NC(=O)CS(=O)(=O)C(C)C(=O)c2ccc3c(c2)N(C)C(=O)CO3)cc1. The van der Waals surface area contributed by atoms with Crippen LogP contribution in [0, 0.1) is 0 Å². The number of hydrogen-bond donors (Lipinski definition) is 1. The molecule has 1 N–H and O–H groups in total. The maximum Gasteiger partial charge on any atom is 0.264 e. The van der Waals surface area contributed by atoms with E-state index in [1.54, 1.807) is 19.2 Å². The van der Waals surface area contributed by atoms with Crippen LogP contribution in [0.1, 0.15) is 29.8 Å². The second-order valence-corrected chi connectivity index (χ2v) is 9.66. The number of Topliss-reactive ketones (excluding diaryl/α,β-unsaturated/α-hetero) is 1. The van der Waals surface area contributed by atoms with Crippen LogP contribution in [0.25, 0.3) is 0 Å². The number of carbonyl (C=O) groups excluding carboxylic acids is 3. The molecule has 8 nitrogen and oxygen atoms in total. The van der Waals surface area contributed by atoms with E-state index in [0.29, 0.717) is 17.1 Å². The molecule has 1 unspecified atom stereocenters. The molecule has 2 aromatic carbocycles. The summed E-state index contributed by atoms with van der Waals surface area (Å²) >= 11 is 0. The van der Waals surface area contributed by atoms with E-state index in [9.17, 15) is 22.8 Å². The summed E-state index contributed by atoms with van der Waals surface area (Å²) < 4.78 is 30.7. The summed E-state index contributed by atoms with van der Waals surface area (Å²) in [6.07, 6.45) is 0.848. The van der Waals surface area contributed by atoms with Crippen LogP contribution in [0.5, 0.6) is 5.75 Å². The number of benzene rings is 2. The molecular weight excluding hydrogens is 420 g/mol. The second kappa shape index (κ2) is 8.89. The zero-order valence-corrected chi connectivity index (χ0v) is 18.4. The molecule has 0 aliphatic carbocycles. The van der Waals surface area contributed by atoms with Gasteiger partial charge in [-0.15, -0.1) is 0 Å². The van der Waals surface area contributed by atoms with Gasteiger partial charge in [0.15, 0.2) is 22.2 Å². The van der Waals surface area contributed by atoms with Crippen molar-refractivity contribution in [3.63, 3.8) is 0 Å². The van der Waals surface area contributed by atoms with Gasteiger partial charge in [0.05, 0.1) is 5.69 Å². The number of ether oxygens (including phenoxy) is 1. The molecule has 0 fully saturated rings. The van der Waals surface area contributed by atoms with Crippen molar-refractivity contribution >= 4 is 38.8 Å². The number of hydrogen-bond acceptors (Lipinski definition) is 6. The summed E-state index contributed by atoms with van der Waals surface area (Å²) in [7, 11) is -2.51. The third-order valence-corrected chi connectivity index (χ3v) is 7.17. The number of aryl methyl sites for hydroxylation is 1. The van der Waals surface area contributed by atoms with Gasteiger partial charge in [0.2, 0.25) is 5.91 Å². The van der Waals surface area contributed by atoms with Gasteiger partial charge in [0.25, 0.3) is 5.91 Å². The standard InChI is InChI=1S/C22H24N2O6S/c1-4-15-5-8-17(9-6-15)23-20(25)13-31(28,29)14(2)22(27)16-7-10-19-18(11-16)24(3)21(26)12-30-19/h5-11,14H,4,12-13H2,1-3H3,(H,23,25). The first-order valence-corrected chi connectivity index (χ1v) is 11.5. The molecule has 31 heavy (non-hydrogen) atoms. The summed E-state index contributed by atoms with van der Waals surface area (Å²) in [5, 5.41) is 1.12. The number of rotatable bonds is 7. The maximum atomic E-state index is 12.8. The monoisotopic (exact) mass is 444 g/mol. The summed E-state index contributed by atoms with van der Waals surface area (Å²) in [6.45, 7) is 3.16. The lowest BCUT2D eigenvalue weighted by atomic mass is 10.1. The zero-order chi connectivity index (χ0) is 22.8. The minimum atomic E-state index is -4.06. The first kappa shape index (κ1) is 22.5.